The summed E-state index contributed by atoms with van der Waals surface area (Å²) in [6.07, 6.45) is 0. The van der Waals surface area contributed by atoms with Crippen LogP contribution in [0.15, 0.2) is 57.2 Å². The predicted molar refractivity (Wildman–Crippen MR) is 85.2 cm³/mol. The third kappa shape index (κ3) is 2.71. The van der Waals surface area contributed by atoms with E-state index in [0.717, 1.165) is 15.4 Å². The van der Waals surface area contributed by atoms with Gasteiger partial charge < -0.3 is 15.2 Å². The number of hydrogen-bond donors (Lipinski definition) is 3. The second-order valence-corrected chi connectivity index (χ2v) is 5.48. The van der Waals surface area contributed by atoms with Crippen LogP contribution in [0.1, 0.15) is 10.4 Å². The van der Waals surface area contributed by atoms with Gasteiger partial charge in [0.2, 0.25) is 5.88 Å². The number of hydrogen-bond acceptors (Lipinski definition) is 4. The van der Waals surface area contributed by atoms with Gasteiger partial charge in [0.1, 0.15) is 0 Å². The summed E-state index contributed by atoms with van der Waals surface area (Å²) in [5, 5.41) is 27.6. The highest BCUT2D eigenvalue weighted by atomic mass is 79.9. The molecule has 1 aromatic heterocycles. The molecule has 2 aromatic carbocycles. The molecular formula is C15H10BrN3O3. The van der Waals surface area contributed by atoms with E-state index in [1.54, 1.807) is 12.1 Å². The number of aromatic nitrogens is 1. The molecule has 0 atom stereocenters. The molecule has 3 aromatic rings. The van der Waals surface area contributed by atoms with Crippen LogP contribution in [0.4, 0.5) is 11.4 Å². The second kappa shape index (κ2) is 5.61. The van der Waals surface area contributed by atoms with Crippen molar-refractivity contribution < 1.29 is 15.0 Å². The molecule has 0 saturated carbocycles. The monoisotopic (exact) mass is 359 g/mol. The number of azo groups is 1. The molecule has 1 heterocycles. The lowest BCUT2D eigenvalue weighted by atomic mass is 10.2. The Bertz CT molecular complexity index is 885. The summed E-state index contributed by atoms with van der Waals surface area (Å²) in [4.78, 5) is 13.6. The molecule has 0 unspecified atom stereocenters. The zero-order valence-electron chi connectivity index (χ0n) is 11.1. The van der Waals surface area contributed by atoms with Crippen molar-refractivity contribution in [2.75, 3.05) is 0 Å². The zero-order chi connectivity index (χ0) is 15.7. The van der Waals surface area contributed by atoms with Crippen LogP contribution >= 0.6 is 15.9 Å². The molecule has 0 radical (unpaired) electrons. The van der Waals surface area contributed by atoms with Gasteiger partial charge in [-0.2, -0.15) is 5.11 Å². The van der Waals surface area contributed by atoms with Crippen molar-refractivity contribution in [3.63, 3.8) is 0 Å². The van der Waals surface area contributed by atoms with Crippen molar-refractivity contribution in [2.24, 2.45) is 10.2 Å². The fourth-order valence-corrected chi connectivity index (χ4v) is 2.38. The molecule has 7 heteroatoms. The SMILES string of the molecule is O=C(O)c1ccc(N=Nc2c(O)[nH]c3ccc(Br)cc23)cc1. The summed E-state index contributed by atoms with van der Waals surface area (Å²) >= 11 is 3.37. The number of aromatic carboxylic acids is 1. The minimum absolute atomic E-state index is 0.0704. The van der Waals surface area contributed by atoms with Crippen LogP contribution in [0.2, 0.25) is 0 Å². The largest absolute Gasteiger partial charge is 0.493 e. The number of benzene rings is 2. The summed E-state index contributed by atoms with van der Waals surface area (Å²) in [5.74, 6) is -1.07. The first-order valence-electron chi connectivity index (χ1n) is 6.30. The standard InChI is InChI=1S/C15H10BrN3O3/c16-9-3-6-12-11(7-9)13(14(20)17-12)19-18-10-4-1-8(2-5-10)15(21)22/h1-7,17,20H,(H,21,22). The average Bonchev–Trinajstić information content (AvgIpc) is 2.80. The minimum atomic E-state index is -0.998. The van der Waals surface area contributed by atoms with E-state index in [-0.39, 0.29) is 11.4 Å². The average molecular weight is 360 g/mol. The lowest BCUT2D eigenvalue weighted by Gasteiger charge is -1.96. The number of halogens is 1. The Morgan fingerprint density at radius 2 is 1.82 bits per heavy atom. The normalized spacial score (nSPS) is 11.3. The first kappa shape index (κ1) is 14.3. The molecule has 6 nitrogen and oxygen atoms in total. The maximum Gasteiger partial charge on any atom is 0.335 e. The quantitative estimate of drug-likeness (QED) is 0.588. The van der Waals surface area contributed by atoms with Gasteiger partial charge in [0.15, 0.2) is 5.69 Å². The lowest BCUT2D eigenvalue weighted by Crippen LogP contribution is -1.93. The van der Waals surface area contributed by atoms with Crippen LogP contribution in [0.25, 0.3) is 10.9 Å². The maximum absolute atomic E-state index is 10.8. The van der Waals surface area contributed by atoms with E-state index in [1.165, 1.54) is 12.1 Å². The van der Waals surface area contributed by atoms with Crippen molar-refractivity contribution in [3.05, 3.63) is 52.5 Å². The van der Waals surface area contributed by atoms with E-state index in [9.17, 15) is 9.90 Å². The Balaban J connectivity index is 1.96. The molecule has 110 valence electrons. The van der Waals surface area contributed by atoms with Crippen LogP contribution in [0.3, 0.4) is 0 Å². The van der Waals surface area contributed by atoms with Crippen molar-refractivity contribution in [2.45, 2.75) is 0 Å². The second-order valence-electron chi connectivity index (χ2n) is 4.56. The number of H-pyrrole nitrogens is 1. The van der Waals surface area contributed by atoms with Crippen LogP contribution in [-0.4, -0.2) is 21.2 Å². The predicted octanol–water partition coefficient (Wildman–Crippen LogP) is 4.75. The first-order valence-corrected chi connectivity index (χ1v) is 7.09. The molecule has 0 spiro atoms. The van der Waals surface area contributed by atoms with E-state index < -0.39 is 5.97 Å². The number of nitrogens with one attached hydrogen (secondary N) is 1. The topological polar surface area (TPSA) is 98.0 Å². The fourth-order valence-electron chi connectivity index (χ4n) is 2.02. The molecule has 3 rings (SSSR count). The third-order valence-corrected chi connectivity index (χ3v) is 3.59. The number of aromatic hydroxyl groups is 1. The van der Waals surface area contributed by atoms with Gasteiger partial charge in [-0.1, -0.05) is 15.9 Å². The Morgan fingerprint density at radius 3 is 2.50 bits per heavy atom. The fraction of sp³-hybridized carbons (Fsp3) is 0. The van der Waals surface area contributed by atoms with Crippen LogP contribution in [0.5, 0.6) is 5.88 Å². The summed E-state index contributed by atoms with van der Waals surface area (Å²) in [7, 11) is 0. The van der Waals surface area contributed by atoms with E-state index in [4.69, 9.17) is 5.11 Å². The summed E-state index contributed by atoms with van der Waals surface area (Å²) in [6, 6.07) is 11.5. The number of carboxylic acid groups (broad SMARTS) is 1. The minimum Gasteiger partial charge on any atom is -0.493 e. The molecule has 0 amide bonds. The number of nitrogens with zero attached hydrogens (tertiary/aromatic N) is 2. The first-order chi connectivity index (χ1) is 10.5. The van der Waals surface area contributed by atoms with Gasteiger partial charge in [0.25, 0.3) is 0 Å². The Labute approximate surface area is 133 Å². The van der Waals surface area contributed by atoms with Gasteiger partial charge >= 0.3 is 5.97 Å². The van der Waals surface area contributed by atoms with E-state index in [1.807, 2.05) is 18.2 Å². The molecule has 0 fully saturated rings. The molecular weight excluding hydrogens is 350 g/mol. The molecule has 0 aliphatic rings. The van der Waals surface area contributed by atoms with E-state index in [2.05, 4.69) is 31.1 Å². The summed E-state index contributed by atoms with van der Waals surface area (Å²) in [6.45, 7) is 0. The number of rotatable bonds is 3. The number of fused-ring (bicyclic) bond motifs is 1. The highest BCUT2D eigenvalue weighted by Crippen LogP contribution is 2.37. The van der Waals surface area contributed by atoms with Crippen LogP contribution in [0, 0.1) is 0 Å². The van der Waals surface area contributed by atoms with Crippen molar-refractivity contribution in [3.8, 4) is 5.88 Å². The van der Waals surface area contributed by atoms with Crippen LogP contribution in [-0.2, 0) is 0 Å². The van der Waals surface area contributed by atoms with Gasteiger partial charge in [-0.15, -0.1) is 5.11 Å². The third-order valence-electron chi connectivity index (χ3n) is 3.09. The zero-order valence-corrected chi connectivity index (χ0v) is 12.7. The van der Waals surface area contributed by atoms with Gasteiger partial charge in [-0.05, 0) is 42.5 Å². The van der Waals surface area contributed by atoms with Crippen molar-refractivity contribution in [1.82, 2.24) is 4.98 Å². The number of aromatic amines is 1. The number of carbonyl (C=O) groups is 1. The molecule has 3 N–H and O–H groups in total. The van der Waals surface area contributed by atoms with E-state index >= 15 is 0 Å². The van der Waals surface area contributed by atoms with E-state index in [0.29, 0.717) is 11.4 Å². The summed E-state index contributed by atoms with van der Waals surface area (Å²) < 4.78 is 0.862. The van der Waals surface area contributed by atoms with Gasteiger partial charge in [-0.3, -0.25) is 0 Å². The molecule has 0 aliphatic carbocycles. The van der Waals surface area contributed by atoms with Crippen molar-refractivity contribution in [1.29, 1.82) is 0 Å². The Morgan fingerprint density at radius 1 is 1.09 bits per heavy atom. The Kier molecular flexibility index (Phi) is 3.64. The Hall–Kier alpha value is -2.67. The maximum atomic E-state index is 10.8. The van der Waals surface area contributed by atoms with Crippen LogP contribution < -0.4 is 0 Å². The molecule has 22 heavy (non-hydrogen) atoms. The highest BCUT2D eigenvalue weighted by molar-refractivity contribution is 9.10. The molecule has 0 aliphatic heterocycles. The van der Waals surface area contributed by atoms with Crippen molar-refractivity contribution >= 4 is 44.2 Å². The molecule has 0 bridgehead atoms. The van der Waals surface area contributed by atoms with Gasteiger partial charge in [0.05, 0.1) is 16.8 Å². The summed E-state index contributed by atoms with van der Waals surface area (Å²) in [5.41, 5.74) is 1.75. The molecule has 0 saturated heterocycles. The number of carboxylic acids is 1. The highest BCUT2D eigenvalue weighted by Gasteiger charge is 2.10. The lowest BCUT2D eigenvalue weighted by molar-refractivity contribution is 0.0697. The smallest absolute Gasteiger partial charge is 0.335 e. The van der Waals surface area contributed by atoms with Gasteiger partial charge in [0, 0.05) is 9.86 Å². The van der Waals surface area contributed by atoms with Gasteiger partial charge in [-0.25, -0.2) is 4.79 Å².